The Labute approximate surface area is 126 Å². The fourth-order valence-electron chi connectivity index (χ4n) is 2.15. The van der Waals surface area contributed by atoms with Crippen molar-refractivity contribution in [1.82, 2.24) is 4.31 Å². The third-order valence-corrected chi connectivity index (χ3v) is 5.15. The number of carbonyl (C=O) groups excluding carboxylic acids is 1. The zero-order valence-corrected chi connectivity index (χ0v) is 12.4. The smallest absolute Gasteiger partial charge is 0.325 e. The van der Waals surface area contributed by atoms with Crippen molar-refractivity contribution < 1.29 is 26.4 Å². The van der Waals surface area contributed by atoms with E-state index in [1.807, 2.05) is 0 Å². The SMILES string of the molecule is O=C(CN1CCCCS1(=O)=O)Nc1cccc(C(F)(F)F)c1. The minimum atomic E-state index is -4.50. The van der Waals surface area contributed by atoms with Gasteiger partial charge in [-0.3, -0.25) is 4.79 Å². The van der Waals surface area contributed by atoms with E-state index in [-0.39, 0.29) is 18.0 Å². The first-order valence-corrected chi connectivity index (χ1v) is 8.24. The van der Waals surface area contributed by atoms with Gasteiger partial charge in [0, 0.05) is 12.2 Å². The molecular formula is C13H15F3N2O3S. The molecule has 1 heterocycles. The number of anilines is 1. The van der Waals surface area contributed by atoms with Crippen LogP contribution in [0.5, 0.6) is 0 Å². The Hall–Kier alpha value is -1.61. The molecule has 9 heteroatoms. The molecule has 0 radical (unpaired) electrons. The number of hydrogen-bond donors (Lipinski definition) is 1. The van der Waals surface area contributed by atoms with Crippen molar-refractivity contribution in [2.75, 3.05) is 24.2 Å². The number of alkyl halides is 3. The van der Waals surface area contributed by atoms with Crippen LogP contribution in [0.15, 0.2) is 24.3 Å². The zero-order valence-electron chi connectivity index (χ0n) is 11.6. The molecule has 0 aliphatic carbocycles. The third kappa shape index (κ3) is 4.20. The minimum absolute atomic E-state index is 0.0101. The molecule has 1 saturated heterocycles. The molecule has 0 unspecified atom stereocenters. The molecule has 0 aromatic heterocycles. The Bertz CT molecular complexity index is 659. The second-order valence-corrected chi connectivity index (χ2v) is 7.07. The lowest BCUT2D eigenvalue weighted by Gasteiger charge is -2.25. The quantitative estimate of drug-likeness (QED) is 0.919. The van der Waals surface area contributed by atoms with Crippen LogP contribution in [0.3, 0.4) is 0 Å². The van der Waals surface area contributed by atoms with E-state index in [1.54, 1.807) is 0 Å². The van der Waals surface area contributed by atoms with Crippen molar-refractivity contribution >= 4 is 21.6 Å². The third-order valence-electron chi connectivity index (χ3n) is 3.25. The Kier molecular flexibility index (Phi) is 4.76. The molecule has 1 N–H and O–H groups in total. The van der Waals surface area contributed by atoms with Crippen LogP contribution in [0, 0.1) is 0 Å². The van der Waals surface area contributed by atoms with Crippen LogP contribution in [-0.2, 0) is 21.0 Å². The van der Waals surface area contributed by atoms with E-state index in [0.717, 1.165) is 16.4 Å². The van der Waals surface area contributed by atoms with E-state index in [1.165, 1.54) is 12.1 Å². The summed E-state index contributed by atoms with van der Waals surface area (Å²) in [6.45, 7) is -0.142. The molecule has 1 aromatic carbocycles. The lowest BCUT2D eigenvalue weighted by atomic mass is 10.2. The summed E-state index contributed by atoms with van der Waals surface area (Å²) in [7, 11) is -3.45. The minimum Gasteiger partial charge on any atom is -0.325 e. The van der Waals surface area contributed by atoms with Gasteiger partial charge in [0.15, 0.2) is 0 Å². The highest BCUT2D eigenvalue weighted by Gasteiger charge is 2.31. The molecule has 22 heavy (non-hydrogen) atoms. The van der Waals surface area contributed by atoms with Crippen molar-refractivity contribution in [3.05, 3.63) is 29.8 Å². The van der Waals surface area contributed by atoms with Crippen LogP contribution >= 0.6 is 0 Å². The average Bonchev–Trinajstić information content (AvgIpc) is 2.40. The lowest BCUT2D eigenvalue weighted by Crippen LogP contribution is -2.42. The van der Waals surface area contributed by atoms with Gasteiger partial charge in [0.25, 0.3) is 0 Å². The van der Waals surface area contributed by atoms with Crippen molar-refractivity contribution in [3.8, 4) is 0 Å². The summed E-state index contributed by atoms with van der Waals surface area (Å²) < 4.78 is 62.3. The summed E-state index contributed by atoms with van der Waals surface area (Å²) in [5.74, 6) is -0.672. The summed E-state index contributed by atoms with van der Waals surface area (Å²) in [6, 6.07) is 4.20. The fourth-order valence-corrected chi connectivity index (χ4v) is 3.70. The molecule has 1 aliphatic rings. The fraction of sp³-hybridized carbons (Fsp3) is 0.462. The van der Waals surface area contributed by atoms with E-state index >= 15 is 0 Å². The Balaban J connectivity index is 2.03. The number of benzene rings is 1. The van der Waals surface area contributed by atoms with Gasteiger partial charge in [0.2, 0.25) is 15.9 Å². The maximum atomic E-state index is 12.6. The first-order valence-electron chi connectivity index (χ1n) is 6.63. The topological polar surface area (TPSA) is 66.5 Å². The van der Waals surface area contributed by atoms with Gasteiger partial charge in [0.1, 0.15) is 0 Å². The molecule has 0 saturated carbocycles. The first-order chi connectivity index (χ1) is 10.2. The van der Waals surface area contributed by atoms with Gasteiger partial charge in [-0.2, -0.15) is 17.5 Å². The molecule has 5 nitrogen and oxygen atoms in total. The summed E-state index contributed by atoms with van der Waals surface area (Å²) in [5.41, 5.74) is -0.898. The van der Waals surface area contributed by atoms with Crippen LogP contribution in [0.1, 0.15) is 18.4 Å². The number of nitrogens with zero attached hydrogens (tertiary/aromatic N) is 1. The molecule has 0 spiro atoms. The predicted molar refractivity (Wildman–Crippen MR) is 74.7 cm³/mol. The molecule has 2 rings (SSSR count). The van der Waals surface area contributed by atoms with Gasteiger partial charge in [-0.25, -0.2) is 8.42 Å². The van der Waals surface area contributed by atoms with Gasteiger partial charge < -0.3 is 5.32 Å². The van der Waals surface area contributed by atoms with E-state index in [9.17, 15) is 26.4 Å². The second-order valence-electron chi connectivity index (χ2n) is 4.98. The van der Waals surface area contributed by atoms with Gasteiger partial charge in [0.05, 0.1) is 17.9 Å². The first kappa shape index (κ1) is 16.8. The van der Waals surface area contributed by atoms with E-state index in [0.29, 0.717) is 12.8 Å². The molecule has 1 fully saturated rings. The Morgan fingerprint density at radius 1 is 1.27 bits per heavy atom. The van der Waals surface area contributed by atoms with Crippen molar-refractivity contribution in [2.45, 2.75) is 19.0 Å². The summed E-state index contributed by atoms with van der Waals surface area (Å²) >= 11 is 0. The van der Waals surface area contributed by atoms with Crippen LogP contribution in [-0.4, -0.2) is 37.5 Å². The maximum absolute atomic E-state index is 12.6. The molecule has 0 bridgehead atoms. The van der Waals surface area contributed by atoms with Crippen molar-refractivity contribution in [1.29, 1.82) is 0 Å². The number of nitrogens with one attached hydrogen (secondary N) is 1. The van der Waals surface area contributed by atoms with Crippen LogP contribution in [0.4, 0.5) is 18.9 Å². The molecule has 122 valence electrons. The van der Waals surface area contributed by atoms with Crippen molar-refractivity contribution in [2.24, 2.45) is 0 Å². The number of amides is 1. The molecule has 1 amide bonds. The summed E-state index contributed by atoms with van der Waals surface area (Å²) in [4.78, 5) is 11.8. The lowest BCUT2D eigenvalue weighted by molar-refractivity contribution is -0.137. The summed E-state index contributed by atoms with van der Waals surface area (Å²) in [5, 5.41) is 2.29. The van der Waals surface area contributed by atoms with E-state index in [2.05, 4.69) is 5.32 Å². The Morgan fingerprint density at radius 2 is 2.00 bits per heavy atom. The number of rotatable bonds is 3. The highest BCUT2D eigenvalue weighted by atomic mass is 32.2. The summed E-state index contributed by atoms with van der Waals surface area (Å²) in [6.07, 6.45) is -3.29. The molecule has 0 atom stereocenters. The van der Waals surface area contributed by atoms with Gasteiger partial charge in [-0.15, -0.1) is 0 Å². The number of hydrogen-bond acceptors (Lipinski definition) is 3. The largest absolute Gasteiger partial charge is 0.416 e. The van der Waals surface area contributed by atoms with Crippen molar-refractivity contribution in [3.63, 3.8) is 0 Å². The highest BCUT2D eigenvalue weighted by molar-refractivity contribution is 7.89. The number of carbonyl (C=O) groups is 1. The zero-order chi connectivity index (χ0) is 16.4. The normalized spacial score (nSPS) is 18.9. The maximum Gasteiger partial charge on any atom is 0.416 e. The van der Waals surface area contributed by atoms with Crippen LogP contribution < -0.4 is 5.32 Å². The Morgan fingerprint density at radius 3 is 2.64 bits per heavy atom. The monoisotopic (exact) mass is 336 g/mol. The standard InChI is InChI=1S/C13H15F3N2O3S/c14-13(15,16)10-4-3-5-11(8-10)17-12(19)9-18-6-1-2-7-22(18,20)21/h3-5,8H,1-2,6-7,9H2,(H,17,19). The van der Waals surface area contributed by atoms with E-state index < -0.39 is 34.2 Å². The van der Waals surface area contributed by atoms with E-state index in [4.69, 9.17) is 0 Å². The molecule has 1 aliphatic heterocycles. The molecule has 1 aromatic rings. The number of halogens is 3. The van der Waals surface area contributed by atoms with Crippen LogP contribution in [0.25, 0.3) is 0 Å². The van der Waals surface area contributed by atoms with Gasteiger partial charge >= 0.3 is 6.18 Å². The highest BCUT2D eigenvalue weighted by Crippen LogP contribution is 2.30. The molecular weight excluding hydrogens is 321 g/mol. The van der Waals surface area contributed by atoms with Gasteiger partial charge in [-0.1, -0.05) is 6.07 Å². The predicted octanol–water partition coefficient (Wildman–Crippen LogP) is 2.07. The van der Waals surface area contributed by atoms with Gasteiger partial charge in [-0.05, 0) is 31.0 Å². The van der Waals surface area contributed by atoms with Crippen LogP contribution in [0.2, 0.25) is 0 Å². The number of sulfonamides is 1. The second kappa shape index (κ2) is 6.25. The average molecular weight is 336 g/mol.